The van der Waals surface area contributed by atoms with Gasteiger partial charge in [0, 0.05) is 0 Å². The molecule has 1 rings (SSSR count). The molecule has 0 aromatic heterocycles. The topological polar surface area (TPSA) is 18.5 Å². The van der Waals surface area contributed by atoms with Crippen LogP contribution in [0.5, 0.6) is 11.5 Å². The maximum Gasteiger partial charge on any atom is 0.393 e. The molecule has 0 saturated heterocycles. The monoisotopic (exact) mass is 298 g/mol. The second-order valence-electron chi connectivity index (χ2n) is 3.07. The summed E-state index contributed by atoms with van der Waals surface area (Å²) >= 11 is 3.08. The summed E-state index contributed by atoms with van der Waals surface area (Å²) in [6.45, 7) is 0. The van der Waals surface area contributed by atoms with E-state index in [4.69, 9.17) is 9.47 Å². The van der Waals surface area contributed by atoms with Gasteiger partial charge >= 0.3 is 6.18 Å². The molecule has 1 aromatic carbocycles. The number of hydrogen-bond donors (Lipinski definition) is 0. The van der Waals surface area contributed by atoms with Gasteiger partial charge in [0.2, 0.25) is 0 Å². The number of rotatable bonds is 3. The molecule has 0 fully saturated rings. The molecule has 6 heteroatoms. The van der Waals surface area contributed by atoms with E-state index >= 15 is 0 Å². The molecule has 0 aliphatic carbocycles. The fourth-order valence-electron chi connectivity index (χ4n) is 1.28. The van der Waals surface area contributed by atoms with E-state index in [1.807, 2.05) is 0 Å². The summed E-state index contributed by atoms with van der Waals surface area (Å²) in [6.07, 6.45) is -5.25. The van der Waals surface area contributed by atoms with Gasteiger partial charge in [-0.15, -0.1) is 0 Å². The first-order valence-electron chi connectivity index (χ1n) is 4.35. The summed E-state index contributed by atoms with van der Waals surface area (Å²) in [6, 6.07) is 2.81. The molecule has 2 nitrogen and oxygen atoms in total. The van der Waals surface area contributed by atoms with Gasteiger partial charge in [-0.2, -0.15) is 13.2 Å². The van der Waals surface area contributed by atoms with Crippen molar-refractivity contribution in [3.8, 4) is 11.5 Å². The molecular formula is C10H10BrF3O2. The van der Waals surface area contributed by atoms with Crippen molar-refractivity contribution in [3.05, 3.63) is 22.2 Å². The molecule has 90 valence electrons. The lowest BCUT2D eigenvalue weighted by Crippen LogP contribution is -2.12. The van der Waals surface area contributed by atoms with Crippen molar-refractivity contribution in [2.75, 3.05) is 14.2 Å². The van der Waals surface area contributed by atoms with E-state index in [1.54, 1.807) is 0 Å². The van der Waals surface area contributed by atoms with Gasteiger partial charge in [-0.25, -0.2) is 0 Å². The van der Waals surface area contributed by atoms with Crippen molar-refractivity contribution in [2.24, 2.45) is 0 Å². The molecule has 0 radical (unpaired) electrons. The van der Waals surface area contributed by atoms with Crippen LogP contribution in [0.3, 0.4) is 0 Å². The zero-order valence-corrected chi connectivity index (χ0v) is 10.3. The highest BCUT2D eigenvalue weighted by atomic mass is 79.9. The van der Waals surface area contributed by atoms with Crippen LogP contribution in [0.25, 0.3) is 0 Å². The Kier molecular flexibility index (Phi) is 4.07. The van der Waals surface area contributed by atoms with Gasteiger partial charge in [0.05, 0.1) is 25.1 Å². The second-order valence-corrected chi connectivity index (χ2v) is 3.86. The highest BCUT2D eigenvalue weighted by Crippen LogP contribution is 2.39. The normalized spacial score (nSPS) is 11.4. The van der Waals surface area contributed by atoms with Gasteiger partial charge in [0.25, 0.3) is 0 Å². The van der Waals surface area contributed by atoms with Crippen molar-refractivity contribution < 1.29 is 22.6 Å². The standard InChI is InChI=1S/C10H10BrF3O2/c1-15-7-4-3-6(5-10(12,13)14)8(11)9(7)16-2/h3-4H,5H2,1-2H3. The van der Waals surface area contributed by atoms with Crippen molar-refractivity contribution in [3.63, 3.8) is 0 Å². The largest absolute Gasteiger partial charge is 0.493 e. The lowest BCUT2D eigenvalue weighted by molar-refractivity contribution is -0.127. The Hall–Kier alpha value is -0.910. The Bertz CT molecular complexity index is 377. The fourth-order valence-corrected chi connectivity index (χ4v) is 1.91. The predicted molar refractivity (Wildman–Crippen MR) is 57.0 cm³/mol. The minimum atomic E-state index is -4.25. The van der Waals surface area contributed by atoms with Crippen LogP contribution in [0.4, 0.5) is 13.2 Å². The van der Waals surface area contributed by atoms with E-state index in [0.717, 1.165) is 0 Å². The third kappa shape index (κ3) is 3.04. The van der Waals surface area contributed by atoms with Crippen molar-refractivity contribution in [2.45, 2.75) is 12.6 Å². The molecule has 1 aromatic rings. The zero-order valence-electron chi connectivity index (χ0n) is 8.69. The minimum Gasteiger partial charge on any atom is -0.493 e. The number of hydrogen-bond acceptors (Lipinski definition) is 2. The molecule has 0 amide bonds. The highest BCUT2D eigenvalue weighted by molar-refractivity contribution is 9.10. The molecule has 0 aliphatic heterocycles. The summed E-state index contributed by atoms with van der Waals surface area (Å²) in [4.78, 5) is 0. The van der Waals surface area contributed by atoms with Crippen LogP contribution in [-0.4, -0.2) is 20.4 Å². The van der Waals surface area contributed by atoms with Crippen molar-refractivity contribution in [1.82, 2.24) is 0 Å². The summed E-state index contributed by atoms with van der Waals surface area (Å²) in [7, 11) is 2.80. The Morgan fingerprint density at radius 1 is 1.19 bits per heavy atom. The van der Waals surface area contributed by atoms with Gasteiger partial charge in [-0.05, 0) is 27.6 Å². The summed E-state index contributed by atoms with van der Waals surface area (Å²) < 4.78 is 47.0. The van der Waals surface area contributed by atoms with Gasteiger partial charge in [-0.3, -0.25) is 0 Å². The van der Waals surface area contributed by atoms with Crippen LogP contribution >= 0.6 is 15.9 Å². The molecule has 0 unspecified atom stereocenters. The number of halogens is 4. The first-order valence-corrected chi connectivity index (χ1v) is 5.14. The molecular weight excluding hydrogens is 289 g/mol. The number of benzene rings is 1. The quantitative estimate of drug-likeness (QED) is 0.849. The maximum atomic E-state index is 12.2. The van der Waals surface area contributed by atoms with Crippen LogP contribution in [-0.2, 0) is 6.42 Å². The number of methoxy groups -OCH3 is 2. The van der Waals surface area contributed by atoms with Crippen LogP contribution in [0.15, 0.2) is 16.6 Å². The molecule has 0 spiro atoms. The molecule has 0 saturated carbocycles. The molecule has 0 aliphatic rings. The highest BCUT2D eigenvalue weighted by Gasteiger charge is 2.29. The van der Waals surface area contributed by atoms with Gasteiger partial charge < -0.3 is 9.47 Å². The average molecular weight is 299 g/mol. The first-order chi connectivity index (χ1) is 7.39. The van der Waals surface area contributed by atoms with E-state index in [1.165, 1.54) is 26.4 Å². The van der Waals surface area contributed by atoms with E-state index in [0.29, 0.717) is 5.75 Å². The molecule has 0 bridgehead atoms. The Balaban J connectivity index is 3.14. The Morgan fingerprint density at radius 3 is 2.25 bits per heavy atom. The van der Waals surface area contributed by atoms with E-state index in [-0.39, 0.29) is 15.8 Å². The zero-order chi connectivity index (χ0) is 12.3. The van der Waals surface area contributed by atoms with Crippen LogP contribution in [0.1, 0.15) is 5.56 Å². The van der Waals surface area contributed by atoms with Gasteiger partial charge in [0.15, 0.2) is 11.5 Å². The van der Waals surface area contributed by atoms with E-state index in [2.05, 4.69) is 15.9 Å². The average Bonchev–Trinajstić information content (AvgIpc) is 2.19. The summed E-state index contributed by atoms with van der Waals surface area (Å²) in [5.74, 6) is 0.657. The van der Waals surface area contributed by atoms with Crippen LogP contribution in [0.2, 0.25) is 0 Å². The third-order valence-electron chi connectivity index (χ3n) is 1.96. The minimum absolute atomic E-state index is 0.116. The van der Waals surface area contributed by atoms with Gasteiger partial charge in [0.1, 0.15) is 0 Å². The SMILES string of the molecule is COc1ccc(CC(F)(F)F)c(Br)c1OC. The molecule has 0 atom stereocenters. The third-order valence-corrected chi connectivity index (χ3v) is 2.83. The molecule has 0 heterocycles. The Labute approximate surface area is 99.5 Å². The van der Waals surface area contributed by atoms with Crippen molar-refractivity contribution in [1.29, 1.82) is 0 Å². The van der Waals surface area contributed by atoms with Crippen LogP contribution in [0, 0.1) is 0 Å². The van der Waals surface area contributed by atoms with Gasteiger partial charge in [-0.1, -0.05) is 6.07 Å². The maximum absolute atomic E-state index is 12.2. The first kappa shape index (κ1) is 13.2. The smallest absolute Gasteiger partial charge is 0.393 e. The lowest BCUT2D eigenvalue weighted by Gasteiger charge is -2.14. The molecule has 0 N–H and O–H groups in total. The number of ether oxygens (including phenoxy) is 2. The van der Waals surface area contributed by atoms with E-state index < -0.39 is 12.6 Å². The second kappa shape index (κ2) is 4.95. The lowest BCUT2D eigenvalue weighted by atomic mass is 10.1. The van der Waals surface area contributed by atoms with Crippen LogP contribution < -0.4 is 9.47 Å². The Morgan fingerprint density at radius 2 is 1.81 bits per heavy atom. The van der Waals surface area contributed by atoms with Crippen molar-refractivity contribution >= 4 is 15.9 Å². The number of alkyl halides is 3. The predicted octanol–water partition coefficient (Wildman–Crippen LogP) is 3.57. The summed E-state index contributed by atoms with van der Waals surface area (Å²) in [5, 5.41) is 0. The van der Waals surface area contributed by atoms with E-state index in [9.17, 15) is 13.2 Å². The summed E-state index contributed by atoms with van der Waals surface area (Å²) in [5.41, 5.74) is 0.116. The molecule has 16 heavy (non-hydrogen) atoms. The fraction of sp³-hybridized carbons (Fsp3) is 0.400.